The summed E-state index contributed by atoms with van der Waals surface area (Å²) < 4.78 is 0. The van der Waals surface area contributed by atoms with Gasteiger partial charge in [0, 0.05) is 0 Å². The smallest absolute Gasteiger partial charge is 0.00117 e. The van der Waals surface area contributed by atoms with Crippen LogP contribution in [0.25, 0.3) is 0 Å². The monoisotopic (exact) mass is 334 g/mol. The number of unbranched alkanes of at least 4 members (excludes halogenated alkanes) is 6. The van der Waals surface area contributed by atoms with E-state index in [2.05, 4.69) is 48.2 Å². The van der Waals surface area contributed by atoms with Gasteiger partial charge in [-0.15, -0.1) is 9.24 Å². The number of hydrogen-bond donors (Lipinski definition) is 0. The Morgan fingerprint density at radius 2 is 1.39 bits per heavy atom. The second kappa shape index (κ2) is 13.0. The van der Waals surface area contributed by atoms with Crippen LogP contribution in [0.5, 0.6) is 0 Å². The Hall–Kier alpha value is -0.350. The van der Waals surface area contributed by atoms with E-state index in [9.17, 15) is 0 Å². The van der Waals surface area contributed by atoms with Gasteiger partial charge in [0.1, 0.15) is 0 Å². The van der Waals surface area contributed by atoms with Crippen molar-refractivity contribution in [2.24, 2.45) is 0 Å². The van der Waals surface area contributed by atoms with Crippen molar-refractivity contribution in [1.82, 2.24) is 0 Å². The molecule has 0 spiro atoms. The summed E-state index contributed by atoms with van der Waals surface area (Å²) in [7, 11) is 3.13. The number of benzene rings is 1. The quantitative estimate of drug-likeness (QED) is 0.257. The van der Waals surface area contributed by atoms with Crippen molar-refractivity contribution in [3.63, 3.8) is 0 Å². The van der Waals surface area contributed by atoms with E-state index in [1.165, 1.54) is 77.0 Å². The average Bonchev–Trinajstić information content (AvgIpc) is 2.56. The van der Waals surface area contributed by atoms with Gasteiger partial charge in [-0.25, -0.2) is 0 Å². The van der Waals surface area contributed by atoms with Gasteiger partial charge in [-0.2, -0.15) is 0 Å². The molecular weight excluding hydrogens is 295 g/mol. The van der Waals surface area contributed by atoms with E-state index in [0.717, 1.165) is 0 Å². The summed E-state index contributed by atoms with van der Waals surface area (Å²) in [6.45, 7) is 6.89. The van der Waals surface area contributed by atoms with Crippen LogP contribution in [-0.4, -0.2) is 0 Å². The Bertz CT molecular complexity index is 410. The van der Waals surface area contributed by atoms with E-state index in [-0.39, 0.29) is 0 Å². The first-order valence-electron chi connectivity index (χ1n) is 10.1. The van der Waals surface area contributed by atoms with Crippen LogP contribution in [0.3, 0.4) is 0 Å². The molecule has 0 saturated heterocycles. The molecule has 1 rings (SSSR count). The summed E-state index contributed by atoms with van der Waals surface area (Å²) in [6, 6.07) is 7.09. The van der Waals surface area contributed by atoms with Crippen LogP contribution in [0.1, 0.15) is 107 Å². The van der Waals surface area contributed by atoms with Gasteiger partial charge in [-0.3, -0.25) is 0 Å². The average molecular weight is 335 g/mol. The largest absolute Gasteiger partial charge is 0.130 e. The van der Waals surface area contributed by atoms with E-state index < -0.39 is 0 Å². The molecule has 0 saturated carbocycles. The molecular formula is C22H39P. The van der Waals surface area contributed by atoms with E-state index in [0.29, 0.717) is 5.66 Å². The molecule has 0 radical (unpaired) electrons. The minimum absolute atomic E-state index is 0.643. The second-order valence-corrected chi connectivity index (χ2v) is 7.81. The molecule has 1 heteroatoms. The Morgan fingerprint density at radius 1 is 0.783 bits per heavy atom. The molecule has 23 heavy (non-hydrogen) atoms. The maximum atomic E-state index is 3.13. The van der Waals surface area contributed by atoms with Gasteiger partial charge in [-0.05, 0) is 54.5 Å². The standard InChI is InChI=1S/C22H39P/c1-4-7-10-14-19-15-13-17-21(20(19)16-11-8-5-2)22(23)18-12-9-6-3/h13,15,17,22H,4-12,14,16,18,23H2,1-3H3. The molecule has 0 heterocycles. The van der Waals surface area contributed by atoms with Crippen molar-refractivity contribution < 1.29 is 0 Å². The summed E-state index contributed by atoms with van der Waals surface area (Å²) in [5, 5.41) is 0. The lowest BCUT2D eigenvalue weighted by molar-refractivity contribution is 0.649. The zero-order chi connectivity index (χ0) is 16.9. The fraction of sp³-hybridized carbons (Fsp3) is 0.727. The van der Waals surface area contributed by atoms with Crippen LogP contribution >= 0.6 is 9.24 Å². The highest BCUT2D eigenvalue weighted by atomic mass is 31.0. The van der Waals surface area contributed by atoms with E-state index in [1.54, 1.807) is 16.7 Å². The van der Waals surface area contributed by atoms with Crippen molar-refractivity contribution >= 4 is 9.24 Å². The third-order valence-corrected chi connectivity index (χ3v) is 5.60. The summed E-state index contributed by atoms with van der Waals surface area (Å²) in [5.41, 5.74) is 5.59. The fourth-order valence-electron chi connectivity index (χ4n) is 3.43. The van der Waals surface area contributed by atoms with Gasteiger partial charge < -0.3 is 0 Å². The molecule has 132 valence electrons. The lowest BCUT2D eigenvalue weighted by Crippen LogP contribution is -2.03. The van der Waals surface area contributed by atoms with Crippen molar-refractivity contribution in [1.29, 1.82) is 0 Å². The third-order valence-electron chi connectivity index (χ3n) is 4.91. The molecule has 2 atom stereocenters. The van der Waals surface area contributed by atoms with E-state index in [4.69, 9.17) is 0 Å². The van der Waals surface area contributed by atoms with Crippen LogP contribution in [0.15, 0.2) is 18.2 Å². The summed E-state index contributed by atoms with van der Waals surface area (Å²) in [5.74, 6) is 0. The summed E-state index contributed by atoms with van der Waals surface area (Å²) in [4.78, 5) is 0. The number of hydrogen-bond acceptors (Lipinski definition) is 0. The summed E-state index contributed by atoms with van der Waals surface area (Å²) >= 11 is 0. The maximum Gasteiger partial charge on any atom is -0.00117 e. The predicted octanol–water partition coefficient (Wildman–Crippen LogP) is 7.65. The highest BCUT2D eigenvalue weighted by molar-refractivity contribution is 7.17. The molecule has 0 aliphatic rings. The van der Waals surface area contributed by atoms with Crippen molar-refractivity contribution in [2.75, 3.05) is 0 Å². The molecule has 0 N–H and O–H groups in total. The van der Waals surface area contributed by atoms with Crippen LogP contribution in [0, 0.1) is 0 Å². The first-order chi connectivity index (χ1) is 11.2. The molecule has 2 unspecified atom stereocenters. The minimum atomic E-state index is 0.643. The summed E-state index contributed by atoms with van der Waals surface area (Å²) in [6.07, 6.45) is 16.0. The first kappa shape index (κ1) is 20.7. The molecule has 0 aliphatic carbocycles. The zero-order valence-corrected chi connectivity index (χ0v) is 17.0. The first-order valence-corrected chi connectivity index (χ1v) is 10.8. The lowest BCUT2D eigenvalue weighted by atomic mass is 9.90. The van der Waals surface area contributed by atoms with Crippen LogP contribution in [-0.2, 0) is 12.8 Å². The topological polar surface area (TPSA) is 0 Å². The van der Waals surface area contributed by atoms with Crippen molar-refractivity contribution in [3.8, 4) is 0 Å². The predicted molar refractivity (Wildman–Crippen MR) is 109 cm³/mol. The lowest BCUT2D eigenvalue weighted by Gasteiger charge is -2.20. The van der Waals surface area contributed by atoms with Gasteiger partial charge >= 0.3 is 0 Å². The molecule has 1 aromatic carbocycles. The van der Waals surface area contributed by atoms with Gasteiger partial charge in [0.15, 0.2) is 0 Å². The fourth-order valence-corrected chi connectivity index (χ4v) is 3.98. The SMILES string of the molecule is CCCCCc1cccc(C(P)CCCCC)c1CCCCC. The highest BCUT2D eigenvalue weighted by Gasteiger charge is 2.13. The molecule has 0 aliphatic heterocycles. The van der Waals surface area contributed by atoms with Crippen LogP contribution < -0.4 is 0 Å². The zero-order valence-electron chi connectivity index (χ0n) is 15.9. The normalized spacial score (nSPS) is 12.5. The van der Waals surface area contributed by atoms with Crippen molar-refractivity contribution in [3.05, 3.63) is 34.9 Å². The number of rotatable bonds is 13. The third kappa shape index (κ3) is 7.84. The van der Waals surface area contributed by atoms with E-state index >= 15 is 0 Å². The second-order valence-electron chi connectivity index (χ2n) is 7.00. The Morgan fingerprint density at radius 3 is 2.04 bits per heavy atom. The molecule has 0 bridgehead atoms. The van der Waals surface area contributed by atoms with Gasteiger partial charge in [0.2, 0.25) is 0 Å². The highest BCUT2D eigenvalue weighted by Crippen LogP contribution is 2.34. The van der Waals surface area contributed by atoms with Crippen LogP contribution in [0.2, 0.25) is 0 Å². The molecule has 0 amide bonds. The molecule has 0 nitrogen and oxygen atoms in total. The molecule has 0 aromatic heterocycles. The minimum Gasteiger partial charge on any atom is -0.130 e. The van der Waals surface area contributed by atoms with Crippen LogP contribution in [0.4, 0.5) is 0 Å². The molecule has 0 fully saturated rings. The molecule has 1 aromatic rings. The van der Waals surface area contributed by atoms with Gasteiger partial charge in [-0.1, -0.05) is 83.9 Å². The maximum absolute atomic E-state index is 3.13. The van der Waals surface area contributed by atoms with Gasteiger partial charge in [0.25, 0.3) is 0 Å². The Balaban J connectivity index is 2.85. The van der Waals surface area contributed by atoms with Gasteiger partial charge in [0.05, 0.1) is 0 Å². The Labute approximate surface area is 148 Å². The van der Waals surface area contributed by atoms with E-state index in [1.807, 2.05) is 0 Å². The van der Waals surface area contributed by atoms with Crippen molar-refractivity contribution in [2.45, 2.75) is 103 Å². The Kier molecular flexibility index (Phi) is 11.7. The number of aryl methyl sites for hydroxylation is 1.